The molecule has 0 bridgehead atoms. The molecule has 0 heterocycles. The SMILES string of the molecule is CCC(C)C(NC(=O)OC(C)(C)C)C(=O)N(C(C)C)C(C(=O)Nc1ccccc1C)c1ccc(O)cc1. The van der Waals surface area contributed by atoms with Gasteiger partial charge < -0.3 is 25.4 Å². The van der Waals surface area contributed by atoms with E-state index in [1.165, 1.54) is 17.0 Å². The van der Waals surface area contributed by atoms with Crippen LogP contribution in [0.3, 0.4) is 0 Å². The number of amides is 3. The van der Waals surface area contributed by atoms with Crippen LogP contribution in [-0.4, -0.2) is 45.6 Å². The van der Waals surface area contributed by atoms with E-state index >= 15 is 0 Å². The number of phenolic OH excluding ortho intramolecular Hbond substituents is 1. The molecule has 0 saturated heterocycles. The number of aromatic hydroxyl groups is 1. The van der Waals surface area contributed by atoms with Gasteiger partial charge in [0.25, 0.3) is 5.91 Å². The normalized spacial score (nSPS) is 13.9. The van der Waals surface area contributed by atoms with Crippen LogP contribution in [0.2, 0.25) is 0 Å². The molecule has 202 valence electrons. The van der Waals surface area contributed by atoms with Crippen LogP contribution in [0.15, 0.2) is 48.5 Å². The summed E-state index contributed by atoms with van der Waals surface area (Å²) < 4.78 is 5.42. The Hall–Kier alpha value is -3.55. The minimum Gasteiger partial charge on any atom is -0.508 e. The van der Waals surface area contributed by atoms with Gasteiger partial charge in [-0.2, -0.15) is 0 Å². The first-order chi connectivity index (χ1) is 17.2. The smallest absolute Gasteiger partial charge is 0.408 e. The summed E-state index contributed by atoms with van der Waals surface area (Å²) in [5.74, 6) is -0.968. The second-order valence-electron chi connectivity index (χ2n) is 10.6. The van der Waals surface area contributed by atoms with E-state index in [2.05, 4.69) is 10.6 Å². The number of nitrogens with zero attached hydrogens (tertiary/aromatic N) is 1. The molecular formula is C29H41N3O5. The van der Waals surface area contributed by atoms with Gasteiger partial charge in [0.05, 0.1) is 0 Å². The van der Waals surface area contributed by atoms with E-state index in [0.29, 0.717) is 17.7 Å². The highest BCUT2D eigenvalue weighted by Gasteiger charge is 2.39. The Morgan fingerprint density at radius 3 is 2.11 bits per heavy atom. The molecule has 3 atom stereocenters. The number of aryl methyl sites for hydroxylation is 1. The van der Waals surface area contributed by atoms with E-state index in [1.807, 2.05) is 52.8 Å². The Morgan fingerprint density at radius 1 is 1.00 bits per heavy atom. The highest BCUT2D eigenvalue weighted by Crippen LogP contribution is 2.29. The summed E-state index contributed by atoms with van der Waals surface area (Å²) in [6.07, 6.45) is -0.0716. The van der Waals surface area contributed by atoms with Crippen molar-refractivity contribution in [3.8, 4) is 5.75 Å². The van der Waals surface area contributed by atoms with E-state index in [-0.39, 0.29) is 17.7 Å². The van der Waals surface area contributed by atoms with Crippen molar-refractivity contribution in [2.45, 2.75) is 85.5 Å². The minimum absolute atomic E-state index is 0.0494. The first kappa shape index (κ1) is 29.7. The molecule has 8 heteroatoms. The molecule has 2 aromatic carbocycles. The van der Waals surface area contributed by atoms with Crippen molar-refractivity contribution in [2.75, 3.05) is 5.32 Å². The average molecular weight is 512 g/mol. The summed E-state index contributed by atoms with van der Waals surface area (Å²) >= 11 is 0. The van der Waals surface area contributed by atoms with Gasteiger partial charge in [0.1, 0.15) is 23.4 Å². The van der Waals surface area contributed by atoms with Gasteiger partial charge in [0.2, 0.25) is 5.91 Å². The highest BCUT2D eigenvalue weighted by atomic mass is 16.6. The number of hydrogen-bond donors (Lipinski definition) is 3. The molecule has 0 spiro atoms. The number of carbonyl (C=O) groups excluding carboxylic acids is 3. The van der Waals surface area contributed by atoms with Crippen molar-refractivity contribution in [1.82, 2.24) is 10.2 Å². The van der Waals surface area contributed by atoms with Crippen molar-refractivity contribution in [3.05, 3.63) is 59.7 Å². The minimum atomic E-state index is -1.01. The lowest BCUT2D eigenvalue weighted by Gasteiger charge is -2.38. The summed E-state index contributed by atoms with van der Waals surface area (Å²) in [7, 11) is 0. The molecule has 8 nitrogen and oxygen atoms in total. The van der Waals surface area contributed by atoms with Gasteiger partial charge in [-0.05, 0) is 76.8 Å². The van der Waals surface area contributed by atoms with Crippen LogP contribution in [0.4, 0.5) is 10.5 Å². The lowest BCUT2D eigenvalue weighted by molar-refractivity contribution is -0.144. The largest absolute Gasteiger partial charge is 0.508 e. The molecule has 0 aliphatic carbocycles. The monoisotopic (exact) mass is 511 g/mol. The summed E-state index contributed by atoms with van der Waals surface area (Å²) in [6.45, 7) is 14.6. The van der Waals surface area contributed by atoms with Crippen LogP contribution in [0.25, 0.3) is 0 Å². The van der Waals surface area contributed by atoms with Gasteiger partial charge in [0, 0.05) is 11.7 Å². The third-order valence-electron chi connectivity index (χ3n) is 6.10. The van der Waals surface area contributed by atoms with Crippen LogP contribution in [-0.2, 0) is 14.3 Å². The van der Waals surface area contributed by atoms with Crippen LogP contribution < -0.4 is 10.6 Å². The number of nitrogens with one attached hydrogen (secondary N) is 2. The van der Waals surface area contributed by atoms with Crippen molar-refractivity contribution in [2.24, 2.45) is 5.92 Å². The molecule has 0 aromatic heterocycles. The number of ether oxygens (including phenoxy) is 1. The topological polar surface area (TPSA) is 108 Å². The maximum Gasteiger partial charge on any atom is 0.408 e. The van der Waals surface area contributed by atoms with Crippen LogP contribution in [0.5, 0.6) is 5.75 Å². The van der Waals surface area contributed by atoms with Gasteiger partial charge in [-0.25, -0.2) is 4.79 Å². The fourth-order valence-corrected chi connectivity index (χ4v) is 3.97. The molecule has 0 aliphatic heterocycles. The highest BCUT2D eigenvalue weighted by molar-refractivity contribution is 5.99. The van der Waals surface area contributed by atoms with E-state index in [1.54, 1.807) is 39.0 Å². The molecule has 3 amide bonds. The fraction of sp³-hybridized carbons (Fsp3) is 0.483. The number of para-hydroxylation sites is 1. The maximum atomic E-state index is 14.1. The molecule has 37 heavy (non-hydrogen) atoms. The number of phenols is 1. The van der Waals surface area contributed by atoms with Crippen LogP contribution in [0.1, 0.15) is 72.1 Å². The summed E-state index contributed by atoms with van der Waals surface area (Å²) in [5.41, 5.74) is 1.32. The molecule has 2 rings (SSSR count). The molecule has 3 unspecified atom stereocenters. The van der Waals surface area contributed by atoms with Gasteiger partial charge >= 0.3 is 6.09 Å². The predicted molar refractivity (Wildman–Crippen MR) is 145 cm³/mol. The first-order valence-corrected chi connectivity index (χ1v) is 12.7. The average Bonchev–Trinajstić information content (AvgIpc) is 2.80. The predicted octanol–water partition coefficient (Wildman–Crippen LogP) is 5.56. The van der Waals surface area contributed by atoms with Gasteiger partial charge in [-0.15, -0.1) is 0 Å². The number of carbonyl (C=O) groups is 3. The van der Waals surface area contributed by atoms with E-state index in [0.717, 1.165) is 5.56 Å². The molecule has 0 fully saturated rings. The lowest BCUT2D eigenvalue weighted by Crippen LogP contribution is -2.56. The fourth-order valence-electron chi connectivity index (χ4n) is 3.97. The maximum absolute atomic E-state index is 14.1. The first-order valence-electron chi connectivity index (χ1n) is 12.7. The Morgan fingerprint density at radius 2 is 1.59 bits per heavy atom. The number of benzene rings is 2. The quantitative estimate of drug-likeness (QED) is 0.409. The molecule has 2 aromatic rings. The Balaban J connectivity index is 2.53. The van der Waals surface area contributed by atoms with Crippen LogP contribution >= 0.6 is 0 Å². The third-order valence-corrected chi connectivity index (χ3v) is 6.10. The summed E-state index contributed by atoms with van der Waals surface area (Å²) in [5, 5.41) is 15.6. The lowest BCUT2D eigenvalue weighted by atomic mass is 9.94. The van der Waals surface area contributed by atoms with Gasteiger partial charge in [0.15, 0.2) is 0 Å². The summed E-state index contributed by atoms with van der Waals surface area (Å²) in [4.78, 5) is 42.1. The zero-order chi connectivity index (χ0) is 27.9. The Labute approximate surface area is 220 Å². The van der Waals surface area contributed by atoms with Crippen molar-refractivity contribution >= 4 is 23.6 Å². The zero-order valence-electron chi connectivity index (χ0n) is 23.2. The van der Waals surface area contributed by atoms with E-state index in [4.69, 9.17) is 4.74 Å². The second-order valence-corrected chi connectivity index (χ2v) is 10.6. The number of hydrogen-bond acceptors (Lipinski definition) is 5. The standard InChI is InChI=1S/C29H41N3O5/c1-9-19(4)24(31-28(36)37-29(6,7)8)27(35)32(18(2)3)25(21-14-16-22(33)17-15-21)26(34)30-23-13-11-10-12-20(23)5/h10-19,24-25,33H,9H2,1-8H3,(H,30,34)(H,31,36). The number of anilines is 1. The van der Waals surface area contributed by atoms with Gasteiger partial charge in [-0.1, -0.05) is 50.6 Å². The Kier molecular flexibility index (Phi) is 10.1. The van der Waals surface area contributed by atoms with E-state index < -0.39 is 35.6 Å². The van der Waals surface area contributed by atoms with Crippen molar-refractivity contribution < 1.29 is 24.2 Å². The van der Waals surface area contributed by atoms with Gasteiger partial charge in [-0.3, -0.25) is 9.59 Å². The molecular weight excluding hydrogens is 470 g/mol. The zero-order valence-corrected chi connectivity index (χ0v) is 23.2. The Bertz CT molecular complexity index is 1080. The molecule has 0 saturated carbocycles. The molecule has 0 aliphatic rings. The van der Waals surface area contributed by atoms with Crippen molar-refractivity contribution in [1.29, 1.82) is 0 Å². The number of rotatable bonds is 9. The molecule has 3 N–H and O–H groups in total. The van der Waals surface area contributed by atoms with Crippen LogP contribution in [0, 0.1) is 12.8 Å². The van der Waals surface area contributed by atoms with Crippen molar-refractivity contribution in [3.63, 3.8) is 0 Å². The third kappa shape index (κ3) is 8.23. The second kappa shape index (κ2) is 12.6. The number of alkyl carbamates (subject to hydrolysis) is 1. The van der Waals surface area contributed by atoms with E-state index in [9.17, 15) is 19.5 Å². The molecule has 0 radical (unpaired) electrons. The summed E-state index contributed by atoms with van der Waals surface area (Å²) in [6, 6.07) is 11.3.